The Bertz CT molecular complexity index is 340. The van der Waals surface area contributed by atoms with Crippen LogP contribution in [-0.2, 0) is 9.59 Å². The van der Waals surface area contributed by atoms with Crippen molar-refractivity contribution in [3.05, 3.63) is 0 Å². The summed E-state index contributed by atoms with van der Waals surface area (Å²) < 4.78 is 0. The Morgan fingerprint density at radius 2 is 1.89 bits per heavy atom. The van der Waals surface area contributed by atoms with E-state index in [9.17, 15) is 19.5 Å². The van der Waals surface area contributed by atoms with Crippen LogP contribution < -0.4 is 11.1 Å². The van der Waals surface area contributed by atoms with E-state index in [0.717, 1.165) is 11.8 Å². The van der Waals surface area contributed by atoms with Gasteiger partial charge in [0, 0.05) is 6.04 Å². The molecular formula is C10H19N3O5. The molecule has 8 nitrogen and oxygen atoms in total. The van der Waals surface area contributed by atoms with Crippen molar-refractivity contribution in [2.45, 2.75) is 32.4 Å². The Hall–Kier alpha value is -1.83. The van der Waals surface area contributed by atoms with Gasteiger partial charge in [-0.15, -0.1) is 0 Å². The lowest BCUT2D eigenvalue weighted by molar-refractivity contribution is -0.155. The monoisotopic (exact) mass is 261 g/mol. The number of nitrogens with zero attached hydrogens (tertiary/aromatic N) is 1. The number of primary amides is 1. The van der Waals surface area contributed by atoms with E-state index in [2.05, 4.69) is 5.32 Å². The van der Waals surface area contributed by atoms with Gasteiger partial charge in [-0.2, -0.15) is 0 Å². The van der Waals surface area contributed by atoms with E-state index < -0.39 is 30.1 Å². The summed E-state index contributed by atoms with van der Waals surface area (Å²) in [7, 11) is 0. The van der Waals surface area contributed by atoms with Gasteiger partial charge < -0.3 is 26.2 Å². The van der Waals surface area contributed by atoms with Gasteiger partial charge in [0.1, 0.15) is 6.54 Å². The fraction of sp³-hybridized carbons (Fsp3) is 0.700. The molecule has 0 saturated carbocycles. The van der Waals surface area contributed by atoms with Crippen molar-refractivity contribution in [2.24, 2.45) is 5.73 Å². The number of nitrogens with two attached hydrogens (primary N) is 1. The Balaban J connectivity index is 4.54. The highest BCUT2D eigenvalue weighted by molar-refractivity contribution is 5.84. The Labute approximate surface area is 105 Å². The van der Waals surface area contributed by atoms with Crippen LogP contribution in [0.3, 0.4) is 0 Å². The summed E-state index contributed by atoms with van der Waals surface area (Å²) in [6, 6.07) is -0.947. The van der Waals surface area contributed by atoms with Gasteiger partial charge in [0.05, 0.1) is 6.54 Å². The van der Waals surface area contributed by atoms with Crippen molar-refractivity contribution in [1.29, 1.82) is 0 Å². The number of carbonyl (C=O) groups excluding carboxylic acids is 2. The molecule has 0 aromatic rings. The van der Waals surface area contributed by atoms with Crippen LogP contribution in [0.5, 0.6) is 0 Å². The summed E-state index contributed by atoms with van der Waals surface area (Å²) in [5.41, 5.74) is 2.93. The summed E-state index contributed by atoms with van der Waals surface area (Å²) >= 11 is 0. The van der Waals surface area contributed by atoms with Crippen molar-refractivity contribution in [1.82, 2.24) is 10.2 Å². The van der Waals surface area contributed by atoms with Crippen LogP contribution in [-0.4, -0.2) is 57.8 Å². The normalized spacial score (nSPS) is 13.8. The fourth-order valence-corrected chi connectivity index (χ4v) is 1.08. The maximum Gasteiger partial charge on any atom is 0.337 e. The molecule has 1 atom stereocenters. The Kier molecular flexibility index (Phi) is 5.57. The SMILES string of the molecule is CC(C)N(CC(N)=O)C(=O)NCC(C)(O)C(=O)O. The first-order valence-electron chi connectivity index (χ1n) is 5.36. The standard InChI is InChI=1S/C10H19N3O5/c1-6(2)13(4-7(11)14)9(17)12-5-10(3,18)8(15)16/h6,18H,4-5H2,1-3H3,(H2,11,14)(H,12,17)(H,15,16). The van der Waals surface area contributed by atoms with Gasteiger partial charge in [-0.25, -0.2) is 9.59 Å². The second-order valence-electron chi connectivity index (χ2n) is 4.43. The predicted molar refractivity (Wildman–Crippen MR) is 62.7 cm³/mol. The molecule has 0 aliphatic rings. The summed E-state index contributed by atoms with van der Waals surface area (Å²) in [6.07, 6.45) is 0. The molecule has 0 aromatic heterocycles. The molecule has 0 aliphatic carbocycles. The molecule has 0 aromatic carbocycles. The molecule has 0 radical (unpaired) electrons. The van der Waals surface area contributed by atoms with E-state index in [1.54, 1.807) is 13.8 Å². The van der Waals surface area contributed by atoms with Crippen molar-refractivity contribution < 1.29 is 24.6 Å². The van der Waals surface area contributed by atoms with Gasteiger partial charge >= 0.3 is 12.0 Å². The number of nitrogens with one attached hydrogen (secondary N) is 1. The first-order chi connectivity index (χ1) is 8.08. The minimum absolute atomic E-state index is 0.279. The second-order valence-corrected chi connectivity index (χ2v) is 4.43. The topological polar surface area (TPSA) is 133 Å². The van der Waals surface area contributed by atoms with Crippen molar-refractivity contribution in [3.63, 3.8) is 0 Å². The third-order valence-electron chi connectivity index (χ3n) is 2.25. The zero-order chi connectivity index (χ0) is 14.5. The molecule has 0 spiro atoms. The minimum atomic E-state index is -2.06. The number of amides is 3. The van der Waals surface area contributed by atoms with Crippen LogP contribution in [0, 0.1) is 0 Å². The Morgan fingerprint density at radius 1 is 1.39 bits per heavy atom. The smallest absolute Gasteiger partial charge is 0.337 e. The van der Waals surface area contributed by atoms with E-state index in [1.165, 1.54) is 0 Å². The molecular weight excluding hydrogens is 242 g/mol. The lowest BCUT2D eigenvalue weighted by Gasteiger charge is -2.27. The average molecular weight is 261 g/mol. The van der Waals surface area contributed by atoms with Crippen LogP contribution in [0.15, 0.2) is 0 Å². The van der Waals surface area contributed by atoms with Gasteiger partial charge in [0.25, 0.3) is 0 Å². The summed E-state index contributed by atoms with van der Waals surface area (Å²) in [6.45, 7) is 3.67. The molecule has 0 bridgehead atoms. The fourth-order valence-electron chi connectivity index (χ4n) is 1.08. The summed E-state index contributed by atoms with van der Waals surface area (Å²) in [5.74, 6) is -2.13. The van der Waals surface area contributed by atoms with Gasteiger partial charge in [-0.3, -0.25) is 4.79 Å². The molecule has 0 aliphatic heterocycles. The largest absolute Gasteiger partial charge is 0.479 e. The highest BCUT2D eigenvalue weighted by atomic mass is 16.4. The number of carboxylic acid groups (broad SMARTS) is 1. The predicted octanol–water partition coefficient (Wildman–Crippen LogP) is -1.27. The highest BCUT2D eigenvalue weighted by Crippen LogP contribution is 2.03. The van der Waals surface area contributed by atoms with Gasteiger partial charge in [0.15, 0.2) is 5.60 Å². The van der Waals surface area contributed by atoms with E-state index >= 15 is 0 Å². The molecule has 0 rings (SSSR count). The molecule has 8 heteroatoms. The number of hydrogen-bond donors (Lipinski definition) is 4. The Morgan fingerprint density at radius 3 is 2.22 bits per heavy atom. The average Bonchev–Trinajstić information content (AvgIpc) is 2.21. The van der Waals surface area contributed by atoms with Crippen molar-refractivity contribution in [2.75, 3.05) is 13.1 Å². The van der Waals surface area contributed by atoms with Gasteiger partial charge in [-0.05, 0) is 20.8 Å². The van der Waals surface area contributed by atoms with E-state index in [1.807, 2.05) is 0 Å². The third kappa shape index (κ3) is 5.00. The quantitative estimate of drug-likeness (QED) is 0.473. The van der Waals surface area contributed by atoms with Crippen LogP contribution in [0.4, 0.5) is 4.79 Å². The van der Waals surface area contributed by atoms with E-state index in [-0.39, 0.29) is 12.6 Å². The zero-order valence-electron chi connectivity index (χ0n) is 10.6. The zero-order valence-corrected chi connectivity index (χ0v) is 10.6. The lowest BCUT2D eigenvalue weighted by Crippen LogP contribution is -2.53. The number of aliphatic hydroxyl groups is 1. The van der Waals surface area contributed by atoms with Gasteiger partial charge in [0.2, 0.25) is 5.91 Å². The maximum absolute atomic E-state index is 11.7. The van der Waals surface area contributed by atoms with E-state index in [0.29, 0.717) is 0 Å². The molecule has 1 unspecified atom stereocenters. The van der Waals surface area contributed by atoms with Crippen LogP contribution in [0.2, 0.25) is 0 Å². The number of urea groups is 1. The maximum atomic E-state index is 11.7. The number of aliphatic carboxylic acids is 1. The summed E-state index contributed by atoms with van der Waals surface area (Å²) in [4.78, 5) is 34.2. The van der Waals surface area contributed by atoms with Crippen LogP contribution >= 0.6 is 0 Å². The highest BCUT2D eigenvalue weighted by Gasteiger charge is 2.31. The second kappa shape index (κ2) is 6.20. The van der Waals surface area contributed by atoms with E-state index in [4.69, 9.17) is 10.8 Å². The lowest BCUT2D eigenvalue weighted by atomic mass is 10.1. The van der Waals surface area contributed by atoms with Crippen molar-refractivity contribution >= 4 is 17.9 Å². The molecule has 0 heterocycles. The van der Waals surface area contributed by atoms with Crippen LogP contribution in [0.25, 0.3) is 0 Å². The molecule has 0 saturated heterocycles. The molecule has 104 valence electrons. The number of rotatable bonds is 6. The first kappa shape index (κ1) is 16.2. The number of carboxylic acids is 1. The molecule has 3 amide bonds. The number of carbonyl (C=O) groups is 3. The molecule has 18 heavy (non-hydrogen) atoms. The number of hydrogen-bond acceptors (Lipinski definition) is 4. The molecule has 5 N–H and O–H groups in total. The summed E-state index contributed by atoms with van der Waals surface area (Å²) in [5, 5.41) is 20.3. The van der Waals surface area contributed by atoms with Gasteiger partial charge in [-0.1, -0.05) is 0 Å². The molecule has 0 fully saturated rings. The van der Waals surface area contributed by atoms with Crippen LogP contribution in [0.1, 0.15) is 20.8 Å². The minimum Gasteiger partial charge on any atom is -0.479 e. The first-order valence-corrected chi connectivity index (χ1v) is 5.36. The van der Waals surface area contributed by atoms with Crippen molar-refractivity contribution in [3.8, 4) is 0 Å². The third-order valence-corrected chi connectivity index (χ3v) is 2.25.